The van der Waals surface area contributed by atoms with E-state index < -0.39 is 0 Å². The quantitative estimate of drug-likeness (QED) is 0.849. The number of likely N-dealkylation sites (N-methyl/N-ethyl adjacent to an activating group) is 1. The van der Waals surface area contributed by atoms with Crippen molar-refractivity contribution in [2.45, 2.75) is 39.4 Å². The lowest BCUT2D eigenvalue weighted by atomic mass is 9.90. The summed E-state index contributed by atoms with van der Waals surface area (Å²) >= 11 is 1.70. The van der Waals surface area contributed by atoms with Crippen LogP contribution in [0, 0.1) is 5.41 Å². The van der Waals surface area contributed by atoms with E-state index in [0.29, 0.717) is 12.0 Å². The molecule has 23 heavy (non-hydrogen) atoms. The van der Waals surface area contributed by atoms with Gasteiger partial charge < -0.3 is 9.80 Å². The summed E-state index contributed by atoms with van der Waals surface area (Å²) in [6.07, 6.45) is 2.48. The number of carbonyl (C=O) groups is 2. The van der Waals surface area contributed by atoms with Crippen molar-refractivity contribution in [3.8, 4) is 0 Å². The van der Waals surface area contributed by atoms with Crippen molar-refractivity contribution in [3.05, 3.63) is 35.9 Å². The van der Waals surface area contributed by atoms with Crippen molar-refractivity contribution in [2.75, 3.05) is 19.1 Å². The molecule has 1 saturated heterocycles. The summed E-state index contributed by atoms with van der Waals surface area (Å²) in [5.41, 5.74) is 0.433. The van der Waals surface area contributed by atoms with Gasteiger partial charge >= 0.3 is 0 Å². The molecular weight excluding hydrogens is 308 g/mol. The minimum atomic E-state index is -0.371. The average Bonchev–Trinajstić information content (AvgIpc) is 2.77. The number of benzene rings is 1. The van der Waals surface area contributed by atoms with Gasteiger partial charge in [0.15, 0.2) is 0 Å². The lowest BCUT2D eigenvalue weighted by Gasteiger charge is -2.39. The lowest BCUT2D eigenvalue weighted by molar-refractivity contribution is -0.129. The van der Waals surface area contributed by atoms with Gasteiger partial charge in [0, 0.05) is 18.0 Å². The summed E-state index contributed by atoms with van der Waals surface area (Å²) in [5.74, 6) is 0.845. The van der Waals surface area contributed by atoms with Crippen molar-refractivity contribution in [3.63, 3.8) is 0 Å². The van der Waals surface area contributed by atoms with Crippen LogP contribution >= 0.6 is 11.8 Å². The molecule has 1 heterocycles. The minimum Gasteiger partial charge on any atom is -0.323 e. The van der Waals surface area contributed by atoms with Crippen molar-refractivity contribution >= 4 is 23.6 Å². The average molecular weight is 334 g/mol. The summed E-state index contributed by atoms with van der Waals surface area (Å²) in [6, 6.07) is 8.87. The molecule has 0 spiro atoms. The minimum absolute atomic E-state index is 0.0447. The fourth-order valence-corrected chi connectivity index (χ4v) is 3.76. The molecule has 1 aliphatic rings. The first kappa shape index (κ1) is 17.9. The lowest BCUT2D eigenvalue weighted by Crippen LogP contribution is -2.50. The number of rotatable bonds is 4. The van der Waals surface area contributed by atoms with Crippen LogP contribution in [0.1, 0.15) is 37.6 Å². The smallest absolute Gasteiger partial charge is 0.256 e. The number of nitrogens with zero attached hydrogens (tertiary/aromatic N) is 2. The van der Waals surface area contributed by atoms with Crippen LogP contribution in [-0.4, -0.2) is 52.9 Å². The first-order valence-corrected chi connectivity index (χ1v) is 9.31. The van der Waals surface area contributed by atoms with Gasteiger partial charge in [0.25, 0.3) is 5.91 Å². The van der Waals surface area contributed by atoms with Crippen molar-refractivity contribution in [1.82, 2.24) is 9.80 Å². The van der Waals surface area contributed by atoms with Gasteiger partial charge in [0.1, 0.15) is 12.2 Å². The van der Waals surface area contributed by atoms with E-state index in [4.69, 9.17) is 0 Å². The maximum Gasteiger partial charge on any atom is 0.256 e. The Morgan fingerprint density at radius 1 is 1.22 bits per heavy atom. The van der Waals surface area contributed by atoms with Crippen molar-refractivity contribution in [1.29, 1.82) is 0 Å². The monoisotopic (exact) mass is 334 g/mol. The highest BCUT2D eigenvalue weighted by molar-refractivity contribution is 7.98. The molecular formula is C18H26N2O2S. The molecule has 2 amide bonds. The first-order chi connectivity index (χ1) is 10.8. The Labute approximate surface area is 143 Å². The summed E-state index contributed by atoms with van der Waals surface area (Å²) in [4.78, 5) is 29.4. The molecule has 5 heteroatoms. The molecule has 1 aromatic carbocycles. The van der Waals surface area contributed by atoms with Crippen LogP contribution in [0.25, 0.3) is 0 Å². The molecule has 2 rings (SSSR count). The van der Waals surface area contributed by atoms with E-state index in [-0.39, 0.29) is 29.4 Å². The van der Waals surface area contributed by atoms with Gasteiger partial charge in [0.2, 0.25) is 5.91 Å². The topological polar surface area (TPSA) is 40.6 Å². The fourth-order valence-electron chi connectivity index (χ4n) is 3.30. The van der Waals surface area contributed by atoms with Crippen LogP contribution in [0.15, 0.2) is 30.3 Å². The van der Waals surface area contributed by atoms with Crippen LogP contribution < -0.4 is 0 Å². The summed E-state index contributed by atoms with van der Waals surface area (Å²) in [7, 11) is 1.81. The Balaban J connectivity index is 2.42. The third kappa shape index (κ3) is 3.55. The molecule has 0 aromatic heterocycles. The molecule has 0 aliphatic carbocycles. The van der Waals surface area contributed by atoms with Gasteiger partial charge in [-0.05, 0) is 30.6 Å². The standard InChI is InChI=1S/C18H26N2O2S/c1-18(2,3)17-19(4)16(22)14(11-12-23-5)20(17)15(21)13-9-7-6-8-10-13/h6-10,14,17H,11-12H2,1-5H3/t14-,17+/m0/s1. The van der Waals surface area contributed by atoms with Gasteiger partial charge in [-0.15, -0.1) is 0 Å². The second-order valence-corrected chi connectivity index (χ2v) is 8.05. The highest BCUT2D eigenvalue weighted by atomic mass is 32.2. The summed E-state index contributed by atoms with van der Waals surface area (Å²) in [5, 5.41) is 0. The Morgan fingerprint density at radius 3 is 2.35 bits per heavy atom. The normalized spacial score (nSPS) is 21.9. The zero-order valence-corrected chi connectivity index (χ0v) is 15.4. The molecule has 0 bridgehead atoms. The van der Waals surface area contributed by atoms with Crippen LogP contribution in [0.2, 0.25) is 0 Å². The van der Waals surface area contributed by atoms with E-state index in [1.54, 1.807) is 21.6 Å². The van der Waals surface area contributed by atoms with E-state index in [1.807, 2.05) is 43.6 Å². The van der Waals surface area contributed by atoms with Crippen LogP contribution in [0.5, 0.6) is 0 Å². The van der Waals surface area contributed by atoms with E-state index in [2.05, 4.69) is 20.8 Å². The maximum atomic E-state index is 13.1. The van der Waals surface area contributed by atoms with Crippen LogP contribution in [0.3, 0.4) is 0 Å². The molecule has 1 aromatic rings. The second kappa shape index (κ2) is 6.95. The third-order valence-electron chi connectivity index (χ3n) is 4.22. The Morgan fingerprint density at radius 2 is 1.83 bits per heavy atom. The fraction of sp³-hybridized carbons (Fsp3) is 0.556. The number of hydrogen-bond acceptors (Lipinski definition) is 3. The third-order valence-corrected chi connectivity index (χ3v) is 4.87. The Hall–Kier alpha value is -1.49. The molecule has 126 valence electrons. The molecule has 0 unspecified atom stereocenters. The first-order valence-electron chi connectivity index (χ1n) is 7.92. The highest BCUT2D eigenvalue weighted by Crippen LogP contribution is 2.36. The van der Waals surface area contributed by atoms with Gasteiger partial charge in [0.05, 0.1) is 0 Å². The number of amides is 2. The van der Waals surface area contributed by atoms with E-state index >= 15 is 0 Å². The zero-order valence-electron chi connectivity index (χ0n) is 14.6. The molecule has 1 aliphatic heterocycles. The van der Waals surface area contributed by atoms with Crippen LogP contribution in [-0.2, 0) is 4.79 Å². The molecule has 2 atom stereocenters. The van der Waals surface area contributed by atoms with Gasteiger partial charge in [-0.2, -0.15) is 11.8 Å². The summed E-state index contributed by atoms with van der Waals surface area (Å²) < 4.78 is 0. The van der Waals surface area contributed by atoms with Gasteiger partial charge in [-0.1, -0.05) is 39.0 Å². The molecule has 0 N–H and O–H groups in total. The number of carbonyl (C=O) groups excluding carboxylic acids is 2. The predicted octanol–water partition coefficient (Wildman–Crippen LogP) is 3.09. The van der Waals surface area contributed by atoms with Crippen LogP contribution in [0.4, 0.5) is 0 Å². The SMILES string of the molecule is CSCC[C@H]1C(=O)N(C)[C@@H](C(C)(C)C)N1C(=O)c1ccccc1. The van der Waals surface area contributed by atoms with E-state index in [9.17, 15) is 9.59 Å². The number of hydrogen-bond donors (Lipinski definition) is 0. The Kier molecular flexibility index (Phi) is 5.40. The van der Waals surface area contributed by atoms with E-state index in [0.717, 1.165) is 5.75 Å². The predicted molar refractivity (Wildman–Crippen MR) is 95.4 cm³/mol. The van der Waals surface area contributed by atoms with Crippen molar-refractivity contribution < 1.29 is 9.59 Å². The zero-order chi connectivity index (χ0) is 17.2. The highest BCUT2D eigenvalue weighted by Gasteiger charge is 2.50. The molecule has 0 saturated carbocycles. The largest absolute Gasteiger partial charge is 0.323 e. The molecule has 1 fully saturated rings. The van der Waals surface area contributed by atoms with Gasteiger partial charge in [-0.25, -0.2) is 0 Å². The van der Waals surface area contributed by atoms with Crippen molar-refractivity contribution in [2.24, 2.45) is 5.41 Å². The van der Waals surface area contributed by atoms with E-state index in [1.165, 1.54) is 0 Å². The maximum absolute atomic E-state index is 13.1. The Bertz CT molecular complexity index is 568. The molecule has 0 radical (unpaired) electrons. The molecule has 4 nitrogen and oxygen atoms in total. The number of thioether (sulfide) groups is 1. The van der Waals surface area contributed by atoms with Gasteiger partial charge in [-0.3, -0.25) is 9.59 Å². The second-order valence-electron chi connectivity index (χ2n) is 7.06. The summed E-state index contributed by atoms with van der Waals surface area (Å²) in [6.45, 7) is 6.22.